The quantitative estimate of drug-likeness (QED) is 0.676. The predicted octanol–water partition coefficient (Wildman–Crippen LogP) is 3.45. The summed E-state index contributed by atoms with van der Waals surface area (Å²) in [6.07, 6.45) is 2.47. The second-order valence-electron chi connectivity index (χ2n) is 5.96. The number of hydrogen-bond acceptors (Lipinski definition) is 3. The van der Waals surface area contributed by atoms with E-state index >= 15 is 0 Å². The first-order valence-corrected chi connectivity index (χ1v) is 7.88. The number of aromatic nitrogens is 2. The van der Waals surface area contributed by atoms with Crippen molar-refractivity contribution < 1.29 is 4.79 Å². The largest absolute Gasteiger partial charge is 0.352 e. The lowest BCUT2D eigenvalue weighted by molar-refractivity contribution is 0.0952. The lowest BCUT2D eigenvalue weighted by atomic mass is 10.2. The zero-order chi connectivity index (χ0) is 15.6. The minimum absolute atomic E-state index is 0.00723. The minimum Gasteiger partial charge on any atom is -0.352 e. The number of benzene rings is 2. The number of rotatable bonds is 5. The fourth-order valence-electron chi connectivity index (χ4n) is 2.51. The maximum Gasteiger partial charge on any atom is 0.251 e. The van der Waals surface area contributed by atoms with Crippen LogP contribution in [0.2, 0.25) is 0 Å². The molecule has 116 valence electrons. The third kappa shape index (κ3) is 3.18. The summed E-state index contributed by atoms with van der Waals surface area (Å²) in [4.78, 5) is 19.7. The van der Waals surface area contributed by atoms with Gasteiger partial charge in [0.15, 0.2) is 0 Å². The summed E-state index contributed by atoms with van der Waals surface area (Å²) in [7, 11) is 0. The standard InChI is InChI=1S/C18H18N4O/c23-17(19-11-12-5-6-12)13-7-9-14(10-8-13)20-18-21-15-3-1-2-4-16(15)22-18/h1-4,7-10,12H,5-6,11H2,(H,19,23)(H2,20,21,22). The lowest BCUT2D eigenvalue weighted by Gasteiger charge is -2.06. The highest BCUT2D eigenvalue weighted by atomic mass is 16.1. The molecule has 1 saturated carbocycles. The molecule has 3 N–H and O–H groups in total. The van der Waals surface area contributed by atoms with Gasteiger partial charge in [0, 0.05) is 17.8 Å². The lowest BCUT2D eigenvalue weighted by Crippen LogP contribution is -2.25. The number of hydrogen-bond donors (Lipinski definition) is 3. The zero-order valence-corrected chi connectivity index (χ0v) is 12.7. The molecule has 4 rings (SSSR count). The number of nitrogens with zero attached hydrogens (tertiary/aromatic N) is 1. The maximum absolute atomic E-state index is 12.0. The summed E-state index contributed by atoms with van der Waals surface area (Å²) in [6, 6.07) is 15.3. The summed E-state index contributed by atoms with van der Waals surface area (Å²) >= 11 is 0. The van der Waals surface area contributed by atoms with Crippen molar-refractivity contribution in [3.05, 3.63) is 54.1 Å². The van der Waals surface area contributed by atoms with E-state index in [0.29, 0.717) is 17.4 Å². The van der Waals surface area contributed by atoms with E-state index in [0.717, 1.165) is 23.3 Å². The average Bonchev–Trinajstić information content (AvgIpc) is 3.31. The van der Waals surface area contributed by atoms with Gasteiger partial charge in [0.05, 0.1) is 11.0 Å². The van der Waals surface area contributed by atoms with Crippen LogP contribution in [0.1, 0.15) is 23.2 Å². The van der Waals surface area contributed by atoms with Crippen molar-refractivity contribution in [3.8, 4) is 0 Å². The summed E-state index contributed by atoms with van der Waals surface area (Å²) in [5.74, 6) is 1.37. The molecule has 1 amide bonds. The van der Waals surface area contributed by atoms with Crippen LogP contribution in [-0.4, -0.2) is 22.4 Å². The van der Waals surface area contributed by atoms with Crippen LogP contribution >= 0.6 is 0 Å². The third-order valence-electron chi connectivity index (χ3n) is 4.05. The van der Waals surface area contributed by atoms with E-state index in [2.05, 4.69) is 20.6 Å². The first kappa shape index (κ1) is 13.8. The highest BCUT2D eigenvalue weighted by Gasteiger charge is 2.21. The Bertz CT molecular complexity index is 801. The van der Waals surface area contributed by atoms with Gasteiger partial charge < -0.3 is 15.6 Å². The first-order chi connectivity index (χ1) is 11.3. The molecule has 1 heterocycles. The molecule has 23 heavy (non-hydrogen) atoms. The molecule has 0 aliphatic heterocycles. The Kier molecular flexibility index (Phi) is 3.46. The molecular weight excluding hydrogens is 288 g/mol. The molecule has 1 aromatic heterocycles. The number of imidazole rings is 1. The van der Waals surface area contributed by atoms with Gasteiger partial charge in [-0.25, -0.2) is 4.98 Å². The number of nitrogens with one attached hydrogen (secondary N) is 3. The highest BCUT2D eigenvalue weighted by Crippen LogP contribution is 2.27. The Hall–Kier alpha value is -2.82. The SMILES string of the molecule is O=C(NCC1CC1)c1ccc(Nc2nc3ccccc3[nH]2)cc1. The summed E-state index contributed by atoms with van der Waals surface area (Å²) in [5, 5.41) is 6.19. The molecule has 0 unspecified atom stereocenters. The van der Waals surface area contributed by atoms with Gasteiger partial charge >= 0.3 is 0 Å². The van der Waals surface area contributed by atoms with E-state index in [1.165, 1.54) is 12.8 Å². The van der Waals surface area contributed by atoms with E-state index in [4.69, 9.17) is 0 Å². The molecule has 5 nitrogen and oxygen atoms in total. The number of para-hydroxylation sites is 2. The molecule has 2 aromatic carbocycles. The Labute approximate surface area is 134 Å². The van der Waals surface area contributed by atoms with Crippen LogP contribution in [-0.2, 0) is 0 Å². The van der Waals surface area contributed by atoms with Gasteiger partial charge in [0.25, 0.3) is 5.91 Å². The summed E-state index contributed by atoms with van der Waals surface area (Å²) < 4.78 is 0. The van der Waals surface area contributed by atoms with Crippen LogP contribution in [0.5, 0.6) is 0 Å². The van der Waals surface area contributed by atoms with Crippen LogP contribution in [0.4, 0.5) is 11.6 Å². The molecule has 1 fully saturated rings. The minimum atomic E-state index is -0.00723. The van der Waals surface area contributed by atoms with Crippen molar-refractivity contribution in [3.63, 3.8) is 0 Å². The molecule has 5 heteroatoms. The molecule has 0 atom stereocenters. The first-order valence-electron chi connectivity index (χ1n) is 7.88. The van der Waals surface area contributed by atoms with Gasteiger partial charge in [0.1, 0.15) is 0 Å². The number of anilines is 2. The Morgan fingerprint density at radius 2 is 1.91 bits per heavy atom. The van der Waals surface area contributed by atoms with Crippen molar-refractivity contribution in [1.29, 1.82) is 0 Å². The molecule has 0 radical (unpaired) electrons. The van der Waals surface area contributed by atoms with Gasteiger partial charge in [-0.05, 0) is 55.2 Å². The van der Waals surface area contributed by atoms with Crippen LogP contribution in [0.25, 0.3) is 11.0 Å². The van der Waals surface area contributed by atoms with E-state index in [1.54, 1.807) is 0 Å². The zero-order valence-electron chi connectivity index (χ0n) is 12.7. The summed E-state index contributed by atoms with van der Waals surface area (Å²) in [6.45, 7) is 0.790. The number of carbonyl (C=O) groups excluding carboxylic acids is 1. The van der Waals surface area contributed by atoms with Gasteiger partial charge in [-0.2, -0.15) is 0 Å². The van der Waals surface area contributed by atoms with E-state index in [1.807, 2.05) is 48.5 Å². The molecule has 0 saturated heterocycles. The fourth-order valence-corrected chi connectivity index (χ4v) is 2.51. The van der Waals surface area contributed by atoms with Crippen molar-refractivity contribution in [1.82, 2.24) is 15.3 Å². The van der Waals surface area contributed by atoms with E-state index < -0.39 is 0 Å². The van der Waals surface area contributed by atoms with Crippen molar-refractivity contribution in [2.24, 2.45) is 5.92 Å². The molecule has 0 bridgehead atoms. The molecular formula is C18H18N4O. The van der Waals surface area contributed by atoms with Gasteiger partial charge in [-0.15, -0.1) is 0 Å². The molecule has 0 spiro atoms. The van der Waals surface area contributed by atoms with E-state index in [-0.39, 0.29) is 5.91 Å². The van der Waals surface area contributed by atoms with Crippen LogP contribution in [0.15, 0.2) is 48.5 Å². The molecule has 1 aliphatic rings. The molecule has 3 aromatic rings. The Morgan fingerprint density at radius 3 is 2.65 bits per heavy atom. The monoisotopic (exact) mass is 306 g/mol. The van der Waals surface area contributed by atoms with Crippen LogP contribution in [0.3, 0.4) is 0 Å². The smallest absolute Gasteiger partial charge is 0.251 e. The topological polar surface area (TPSA) is 69.8 Å². The number of amides is 1. The van der Waals surface area contributed by atoms with Crippen molar-refractivity contribution in [2.45, 2.75) is 12.8 Å². The number of carbonyl (C=O) groups is 1. The van der Waals surface area contributed by atoms with Gasteiger partial charge in [-0.1, -0.05) is 12.1 Å². The van der Waals surface area contributed by atoms with Crippen LogP contribution < -0.4 is 10.6 Å². The Balaban J connectivity index is 1.43. The van der Waals surface area contributed by atoms with Gasteiger partial charge in [-0.3, -0.25) is 4.79 Å². The maximum atomic E-state index is 12.0. The molecule has 1 aliphatic carbocycles. The third-order valence-corrected chi connectivity index (χ3v) is 4.05. The van der Waals surface area contributed by atoms with Crippen LogP contribution in [0, 0.1) is 5.92 Å². The normalized spacial score (nSPS) is 13.9. The summed E-state index contributed by atoms with van der Waals surface area (Å²) in [5.41, 5.74) is 3.49. The highest BCUT2D eigenvalue weighted by molar-refractivity contribution is 5.94. The number of aromatic amines is 1. The van der Waals surface area contributed by atoms with Gasteiger partial charge in [0.2, 0.25) is 5.95 Å². The fraction of sp³-hybridized carbons (Fsp3) is 0.222. The number of fused-ring (bicyclic) bond motifs is 1. The van der Waals surface area contributed by atoms with Crippen molar-refractivity contribution in [2.75, 3.05) is 11.9 Å². The number of H-pyrrole nitrogens is 1. The average molecular weight is 306 g/mol. The Morgan fingerprint density at radius 1 is 1.13 bits per heavy atom. The predicted molar refractivity (Wildman–Crippen MR) is 90.9 cm³/mol. The van der Waals surface area contributed by atoms with E-state index in [9.17, 15) is 4.79 Å². The second-order valence-corrected chi connectivity index (χ2v) is 5.96. The van der Waals surface area contributed by atoms with Crippen molar-refractivity contribution >= 4 is 28.6 Å². The second kappa shape index (κ2) is 5.76.